The molecule has 0 aliphatic rings. The third kappa shape index (κ3) is 4.32. The summed E-state index contributed by atoms with van der Waals surface area (Å²) in [4.78, 5) is 0. The van der Waals surface area contributed by atoms with Crippen LogP contribution in [0.5, 0.6) is 0 Å². The minimum Gasteiger partial charge on any atom is -0.501 e. The van der Waals surface area contributed by atoms with Gasteiger partial charge in [-0.05, 0) is 18.1 Å². The van der Waals surface area contributed by atoms with Crippen LogP contribution < -0.4 is 0 Å². The van der Waals surface area contributed by atoms with Crippen molar-refractivity contribution in [3.8, 4) is 0 Å². The molecule has 0 rings (SSSR count). The fourth-order valence-electron chi connectivity index (χ4n) is 0.906. The summed E-state index contributed by atoms with van der Waals surface area (Å²) in [7, 11) is 0.494. The lowest BCUT2D eigenvalue weighted by atomic mass is 10.3. The Hall–Kier alpha value is -1.06. The molecule has 3 nitrogen and oxygen atoms in total. The number of rotatable bonds is 8. The predicted octanol–water partition coefficient (Wildman–Crippen LogP) is 2.05. The second-order valence-electron chi connectivity index (χ2n) is 2.72. The van der Waals surface area contributed by atoms with E-state index in [0.29, 0.717) is 0 Å². The average molecular weight is 225 g/mol. The van der Waals surface area contributed by atoms with E-state index in [1.807, 2.05) is 0 Å². The predicted molar refractivity (Wildman–Crippen MR) is 61.5 cm³/mol. The van der Waals surface area contributed by atoms with Crippen LogP contribution in [0.1, 0.15) is 22.9 Å². The summed E-state index contributed by atoms with van der Waals surface area (Å²) >= 11 is 0. The van der Waals surface area contributed by atoms with Gasteiger partial charge >= 0.3 is 0 Å². The van der Waals surface area contributed by atoms with Crippen molar-refractivity contribution in [3.05, 3.63) is 36.1 Å². The van der Waals surface area contributed by atoms with Gasteiger partial charge in [-0.1, -0.05) is 19.2 Å². The number of hydrogen-bond donors (Lipinski definition) is 1. The van der Waals surface area contributed by atoms with Gasteiger partial charge in [0.15, 0.2) is 0 Å². The zero-order valence-corrected chi connectivity index (χ0v) is 8.85. The van der Waals surface area contributed by atoms with E-state index in [2.05, 4.69) is 11.7 Å². The van der Waals surface area contributed by atoms with Gasteiger partial charge < -0.3 is 14.6 Å². The molecule has 0 heterocycles. The molecule has 0 aromatic carbocycles. The van der Waals surface area contributed by atoms with E-state index >= 15 is 0 Å². The first-order chi connectivity index (χ1) is 10.5. The highest BCUT2D eigenvalue weighted by Gasteiger charge is 2.15. The van der Waals surface area contributed by atoms with Crippen LogP contribution in [0.15, 0.2) is 36.1 Å². The quantitative estimate of drug-likeness (QED) is 0.390. The topological polar surface area (TPSA) is 38.7 Å². The van der Waals surface area contributed by atoms with Crippen LogP contribution in [0.3, 0.4) is 0 Å². The summed E-state index contributed by atoms with van der Waals surface area (Å²) in [5, 5.41) is 3.95. The number of methoxy groups -OCH3 is 2. The minimum atomic E-state index is -2.98. The van der Waals surface area contributed by atoms with Gasteiger partial charge in [0.1, 0.15) is 6.08 Å². The molecule has 0 saturated heterocycles. The van der Waals surface area contributed by atoms with Crippen molar-refractivity contribution in [2.24, 2.45) is 0 Å². The van der Waals surface area contributed by atoms with Crippen molar-refractivity contribution in [2.75, 3.05) is 20.8 Å². The smallest absolute Gasteiger partial charge is 0.210 e. The van der Waals surface area contributed by atoms with Gasteiger partial charge in [-0.3, -0.25) is 0 Å². The highest BCUT2D eigenvalue weighted by molar-refractivity contribution is 5.28. The second-order valence-corrected chi connectivity index (χ2v) is 2.72. The molecule has 15 heavy (non-hydrogen) atoms. The Morgan fingerprint density at radius 2 is 2.80 bits per heavy atom. The van der Waals surface area contributed by atoms with Crippen LogP contribution in [-0.4, -0.2) is 33.4 Å². The normalized spacial score (nSPS) is 24.4. The van der Waals surface area contributed by atoms with Gasteiger partial charge in [0, 0.05) is 13.5 Å². The summed E-state index contributed by atoms with van der Waals surface area (Å²) in [6, 6.07) is -0.560. The molecule has 86 valence electrons. The number of ether oxygens (including phenoxy) is 2. The van der Waals surface area contributed by atoms with Crippen molar-refractivity contribution in [1.82, 2.24) is 0 Å². The van der Waals surface area contributed by atoms with Gasteiger partial charge in [0.2, 0.25) is 1.43 Å². The summed E-state index contributed by atoms with van der Waals surface area (Å²) in [5.74, 6) is 0.106. The van der Waals surface area contributed by atoms with E-state index in [1.54, 1.807) is 0 Å². The SMILES string of the molecule is [2H]COC([2H])([13C](CC(=C)OC)=[13C]([13CH3])[13C]([2H])=[13C]([2H])[2H])C([2H])([2H])O[2H]. The standard InChI is InChI=1S/C12H20O3/c1-6-9(2)11(7-10(3)14-4)12(8-13)15-5/h6,12-13H,1,3,7-8H2,2,4-5H3/i1+1D2,2+1,5D,6+1D,8D2,9+1,11+1,12D,13D. The lowest BCUT2D eigenvalue weighted by Crippen LogP contribution is -2.20. The summed E-state index contributed by atoms with van der Waals surface area (Å²) < 4.78 is 69.5. The fourth-order valence-corrected chi connectivity index (χ4v) is 0.906. The molecule has 0 aromatic rings. The zero-order valence-electron chi connectivity index (χ0n) is 16.8. The minimum absolute atomic E-state index is 0.0902. The zero-order chi connectivity index (χ0) is 18.4. The molecular formula is C12H20O3. The van der Waals surface area contributed by atoms with Crippen LogP contribution >= 0.6 is 0 Å². The first kappa shape index (κ1) is 5.32. The van der Waals surface area contributed by atoms with Crippen molar-refractivity contribution in [3.63, 3.8) is 0 Å². The molecule has 3 heteroatoms. The molecular weight excluding hydrogens is 197 g/mol. The number of aliphatic hydroxyl groups is 1. The molecule has 0 saturated carbocycles. The van der Waals surface area contributed by atoms with Gasteiger partial charge in [-0.25, -0.2) is 0 Å². The highest BCUT2D eigenvalue weighted by Crippen LogP contribution is 2.20. The lowest BCUT2D eigenvalue weighted by Gasteiger charge is -2.19. The summed E-state index contributed by atoms with van der Waals surface area (Å²) in [6.45, 7) is 1.04. The van der Waals surface area contributed by atoms with Gasteiger partial charge in [0.25, 0.3) is 0 Å². The van der Waals surface area contributed by atoms with Crippen molar-refractivity contribution in [2.45, 2.75) is 19.4 Å². The van der Waals surface area contributed by atoms with Crippen LogP contribution in [0, 0.1) is 0 Å². The average Bonchev–Trinajstić information content (AvgIpc) is 2.50. The van der Waals surface area contributed by atoms with Crippen LogP contribution in [0.2, 0.25) is 0 Å². The Balaban J connectivity index is 6.45. The Bertz CT molecular complexity index is 499. The van der Waals surface area contributed by atoms with E-state index in [9.17, 15) is 0 Å². The second kappa shape index (κ2) is 7.26. The maximum Gasteiger partial charge on any atom is 0.210 e. The monoisotopic (exact) mass is 225 g/mol. The van der Waals surface area contributed by atoms with Crippen molar-refractivity contribution >= 4 is 0 Å². The first-order valence-corrected chi connectivity index (χ1v) is 4.12. The van der Waals surface area contributed by atoms with E-state index in [1.165, 1.54) is 14.0 Å². The van der Waals surface area contributed by atoms with Gasteiger partial charge in [-0.2, -0.15) is 0 Å². The molecule has 0 radical (unpaired) electrons. The molecule has 0 amide bonds. The largest absolute Gasteiger partial charge is 0.501 e. The Morgan fingerprint density at radius 3 is 3.33 bits per heavy atom. The molecule has 0 spiro atoms. The molecule has 0 fully saturated rings. The third-order valence-corrected chi connectivity index (χ3v) is 1.81. The van der Waals surface area contributed by atoms with E-state index in [0.717, 1.165) is 0 Å². The highest BCUT2D eigenvalue weighted by atomic mass is 16.5. The van der Waals surface area contributed by atoms with Crippen molar-refractivity contribution in [1.29, 1.82) is 1.43 Å². The Morgan fingerprint density at radius 1 is 2.00 bits per heavy atom. The third-order valence-electron chi connectivity index (χ3n) is 1.81. The first-order valence-electron chi connectivity index (χ1n) is 8.24. The van der Waals surface area contributed by atoms with Crippen LogP contribution in [0.25, 0.3) is 0 Å². The number of allylic oxidation sites excluding steroid dienone is 3. The van der Waals surface area contributed by atoms with E-state index in [4.69, 9.17) is 20.5 Å². The molecule has 0 aliphatic carbocycles. The maximum absolute atomic E-state index is 8.27. The summed E-state index contributed by atoms with van der Waals surface area (Å²) in [5.41, 5.74) is -0.316. The molecule has 1 atom stereocenters. The van der Waals surface area contributed by atoms with Crippen LogP contribution in [0.4, 0.5) is 0 Å². The molecule has 0 aliphatic heterocycles. The van der Waals surface area contributed by atoms with Crippen LogP contribution in [-0.2, 0) is 9.47 Å². The molecule has 1 unspecified atom stereocenters. The lowest BCUT2D eigenvalue weighted by molar-refractivity contribution is 0.0705. The van der Waals surface area contributed by atoms with E-state index < -0.39 is 32.3 Å². The molecule has 0 bridgehead atoms. The summed E-state index contributed by atoms with van der Waals surface area (Å²) in [6.07, 6.45) is -2.92. The van der Waals surface area contributed by atoms with Crippen molar-refractivity contribution < 1.29 is 24.2 Å². The van der Waals surface area contributed by atoms with E-state index in [-0.39, 0.29) is 23.3 Å². The molecule has 1 N–H and O–H groups in total. The Labute approximate surface area is 103 Å². The maximum atomic E-state index is 8.27. The number of hydrogen-bond acceptors (Lipinski definition) is 3. The molecule has 0 aromatic heterocycles. The Kier molecular flexibility index (Phi) is 2.58. The van der Waals surface area contributed by atoms with Gasteiger partial charge in [-0.15, -0.1) is 0 Å². The fraction of sp³-hybridized carbons (Fsp3) is 0.500. The van der Waals surface area contributed by atoms with Gasteiger partial charge in [0.05, 0.1) is 29.0 Å².